The molecule has 0 unspecified atom stereocenters. The van der Waals surface area contributed by atoms with E-state index >= 15 is 0 Å². The van der Waals surface area contributed by atoms with E-state index in [2.05, 4.69) is 30.9 Å². The van der Waals surface area contributed by atoms with Gasteiger partial charge in [0.2, 0.25) is 5.95 Å². The number of tetrazole rings is 1. The van der Waals surface area contributed by atoms with Crippen molar-refractivity contribution in [3.8, 4) is 17.0 Å². The first-order valence-electron chi connectivity index (χ1n) is 6.63. The minimum atomic E-state index is -0.465. The summed E-state index contributed by atoms with van der Waals surface area (Å²) in [4.78, 5) is 16.6. The van der Waals surface area contributed by atoms with E-state index in [9.17, 15) is 4.79 Å². The molecule has 0 saturated heterocycles. The number of hydrogen-bond donors (Lipinski definition) is 3. The molecule has 2 heterocycles. The van der Waals surface area contributed by atoms with Crippen LogP contribution in [0.1, 0.15) is 10.5 Å². The van der Waals surface area contributed by atoms with E-state index in [1.54, 1.807) is 18.2 Å². The number of anilines is 2. The van der Waals surface area contributed by atoms with E-state index in [0.29, 0.717) is 17.1 Å². The molecule has 10 heteroatoms. The summed E-state index contributed by atoms with van der Waals surface area (Å²) in [5, 5.41) is 15.3. The fourth-order valence-corrected chi connectivity index (χ4v) is 1.97. The van der Waals surface area contributed by atoms with Crippen LogP contribution in [0.25, 0.3) is 11.3 Å². The van der Waals surface area contributed by atoms with Crippen molar-refractivity contribution >= 4 is 47.1 Å². The number of carbonyl (C=O) groups is 1. The van der Waals surface area contributed by atoms with Gasteiger partial charge in [0.25, 0.3) is 5.91 Å². The van der Waals surface area contributed by atoms with Crippen LogP contribution in [0.2, 0.25) is 0 Å². The zero-order chi connectivity index (χ0) is 16.2. The van der Waals surface area contributed by atoms with Crippen molar-refractivity contribution in [2.75, 3.05) is 18.2 Å². The molecule has 24 heavy (non-hydrogen) atoms. The number of ether oxygens (including phenoxy) is 1. The van der Waals surface area contributed by atoms with Gasteiger partial charge in [0.1, 0.15) is 11.4 Å². The van der Waals surface area contributed by atoms with E-state index in [1.807, 2.05) is 12.1 Å². The van der Waals surface area contributed by atoms with Crippen molar-refractivity contribution < 1.29 is 9.53 Å². The number of aromatic nitrogens is 5. The molecular weight excluding hydrogens is 321 g/mol. The molecule has 0 radical (unpaired) electrons. The summed E-state index contributed by atoms with van der Waals surface area (Å²) in [5.41, 5.74) is 7.90. The average molecular weight is 335 g/mol. The van der Waals surface area contributed by atoms with E-state index < -0.39 is 5.91 Å². The van der Waals surface area contributed by atoms with Crippen LogP contribution in [-0.4, -0.2) is 68.2 Å². The molecule has 3 rings (SSSR count). The van der Waals surface area contributed by atoms with Crippen molar-refractivity contribution in [2.45, 2.75) is 0 Å². The Hall–Kier alpha value is -2.49. The maximum absolute atomic E-state index is 12.3. The number of nitrogen functional groups attached to an aromatic ring is 1. The third-order valence-electron chi connectivity index (χ3n) is 3.03. The monoisotopic (exact) mass is 335 g/mol. The van der Waals surface area contributed by atoms with Crippen molar-refractivity contribution in [1.82, 2.24) is 25.6 Å². The Morgan fingerprint density at radius 3 is 2.79 bits per heavy atom. The summed E-state index contributed by atoms with van der Waals surface area (Å²) in [6.07, 6.45) is 0. The molecule has 4 N–H and O–H groups in total. The van der Waals surface area contributed by atoms with E-state index in [-0.39, 0.29) is 41.2 Å². The molecule has 0 fully saturated rings. The van der Waals surface area contributed by atoms with Crippen molar-refractivity contribution in [3.63, 3.8) is 0 Å². The molecule has 9 nitrogen and oxygen atoms in total. The normalized spacial score (nSPS) is 9.88. The zero-order valence-electron chi connectivity index (χ0n) is 12.1. The number of methoxy groups -OCH3 is 1. The standard InChI is InChI=1S/C14H13N7O2.Na.H/c1-23-10-6-11(8-3-2-4-9(15)5-8)16-12(7-10)13(22)17-14-18-20-21-19-14;;/h2-7H,15H2,1H3,(H2,17,18,19,20,21,22);;. The second-order valence-corrected chi connectivity index (χ2v) is 4.61. The molecule has 0 bridgehead atoms. The van der Waals surface area contributed by atoms with Gasteiger partial charge in [0, 0.05) is 23.4 Å². The first-order valence-corrected chi connectivity index (χ1v) is 6.63. The van der Waals surface area contributed by atoms with Gasteiger partial charge in [-0.1, -0.05) is 17.2 Å². The number of hydrogen-bond acceptors (Lipinski definition) is 7. The van der Waals surface area contributed by atoms with Gasteiger partial charge in [-0.2, -0.15) is 0 Å². The fourth-order valence-electron chi connectivity index (χ4n) is 1.97. The molecule has 1 aromatic carbocycles. The molecular formula is C14H14N7NaO2. The number of amides is 1. The Kier molecular flexibility index (Phi) is 5.85. The number of benzene rings is 1. The van der Waals surface area contributed by atoms with Gasteiger partial charge in [0.05, 0.1) is 12.8 Å². The molecule has 0 atom stereocenters. The molecule has 2 aromatic heterocycles. The first kappa shape index (κ1) is 17.9. The summed E-state index contributed by atoms with van der Waals surface area (Å²) >= 11 is 0. The Bertz CT molecular complexity index is 839. The SMILES string of the molecule is COc1cc(C(=O)Nc2nnn[nH]2)nc(-c2cccc(N)c2)c1.[NaH]. The van der Waals surface area contributed by atoms with E-state index in [0.717, 1.165) is 5.56 Å². The summed E-state index contributed by atoms with van der Waals surface area (Å²) < 4.78 is 5.23. The number of pyridine rings is 1. The minimum absolute atomic E-state index is 0. The number of nitrogens with one attached hydrogen (secondary N) is 2. The Morgan fingerprint density at radius 1 is 1.29 bits per heavy atom. The van der Waals surface area contributed by atoms with Crippen molar-refractivity contribution in [1.29, 1.82) is 0 Å². The Balaban J connectivity index is 0.00000208. The Labute approximate surface area is 159 Å². The molecule has 0 spiro atoms. The second kappa shape index (κ2) is 7.86. The zero-order valence-corrected chi connectivity index (χ0v) is 12.1. The predicted octanol–water partition coefficient (Wildman–Crippen LogP) is 0.456. The quantitative estimate of drug-likeness (QED) is 0.466. The van der Waals surface area contributed by atoms with Gasteiger partial charge in [0.15, 0.2) is 0 Å². The van der Waals surface area contributed by atoms with Crippen molar-refractivity contribution in [2.24, 2.45) is 0 Å². The molecule has 3 aromatic rings. The number of aromatic amines is 1. The van der Waals surface area contributed by atoms with E-state index in [4.69, 9.17) is 10.5 Å². The van der Waals surface area contributed by atoms with Gasteiger partial charge >= 0.3 is 29.6 Å². The average Bonchev–Trinajstić information content (AvgIpc) is 3.07. The van der Waals surface area contributed by atoms with Crippen LogP contribution in [0.4, 0.5) is 11.6 Å². The van der Waals surface area contributed by atoms with Crippen LogP contribution in [0.3, 0.4) is 0 Å². The van der Waals surface area contributed by atoms with E-state index in [1.165, 1.54) is 13.2 Å². The van der Waals surface area contributed by atoms with Crippen LogP contribution in [-0.2, 0) is 0 Å². The van der Waals surface area contributed by atoms with Crippen LogP contribution in [0, 0.1) is 0 Å². The van der Waals surface area contributed by atoms with Crippen molar-refractivity contribution in [3.05, 3.63) is 42.1 Å². The first-order chi connectivity index (χ1) is 11.2. The van der Waals surface area contributed by atoms with Gasteiger partial charge in [-0.3, -0.25) is 10.1 Å². The number of rotatable bonds is 4. The van der Waals surface area contributed by atoms with Gasteiger partial charge in [-0.05, 0) is 22.6 Å². The summed E-state index contributed by atoms with van der Waals surface area (Å²) in [6, 6.07) is 10.4. The third kappa shape index (κ3) is 4.07. The molecule has 0 saturated carbocycles. The van der Waals surface area contributed by atoms with Gasteiger partial charge in [-0.15, -0.1) is 0 Å². The van der Waals surface area contributed by atoms with Crippen LogP contribution >= 0.6 is 0 Å². The number of H-pyrrole nitrogens is 1. The molecule has 0 aliphatic carbocycles. The summed E-state index contributed by atoms with van der Waals surface area (Å²) in [7, 11) is 1.51. The summed E-state index contributed by atoms with van der Waals surface area (Å²) in [6.45, 7) is 0. The Morgan fingerprint density at radius 2 is 2.12 bits per heavy atom. The molecule has 0 aliphatic rings. The number of nitrogens with zero attached hydrogens (tertiary/aromatic N) is 4. The number of nitrogens with two attached hydrogens (primary N) is 1. The third-order valence-corrected chi connectivity index (χ3v) is 3.03. The van der Waals surface area contributed by atoms with Crippen LogP contribution < -0.4 is 15.8 Å². The number of carbonyl (C=O) groups excluding carboxylic acids is 1. The fraction of sp³-hybridized carbons (Fsp3) is 0.0714. The summed E-state index contributed by atoms with van der Waals surface area (Å²) in [5.74, 6) is 0.163. The van der Waals surface area contributed by atoms with Crippen LogP contribution in [0.5, 0.6) is 5.75 Å². The van der Waals surface area contributed by atoms with Gasteiger partial charge < -0.3 is 10.5 Å². The molecule has 0 aliphatic heterocycles. The van der Waals surface area contributed by atoms with Gasteiger partial charge in [-0.25, -0.2) is 10.1 Å². The molecule has 1 amide bonds. The predicted molar refractivity (Wildman–Crippen MR) is 89.9 cm³/mol. The maximum atomic E-state index is 12.3. The van der Waals surface area contributed by atoms with Crippen LogP contribution in [0.15, 0.2) is 36.4 Å². The topological polar surface area (TPSA) is 132 Å². The second-order valence-electron chi connectivity index (χ2n) is 4.61. The molecule has 118 valence electrons.